The molecule has 7 heteroatoms. The Bertz CT molecular complexity index is 1120. The van der Waals surface area contributed by atoms with Crippen molar-refractivity contribution < 1.29 is 24.2 Å². The zero-order chi connectivity index (χ0) is 24.7. The highest BCUT2D eigenvalue weighted by atomic mass is 16.5. The highest BCUT2D eigenvalue weighted by Gasteiger charge is 2.65. The van der Waals surface area contributed by atoms with Crippen LogP contribution in [-0.4, -0.2) is 41.8 Å². The van der Waals surface area contributed by atoms with Gasteiger partial charge in [-0.1, -0.05) is 62.4 Å². The lowest BCUT2D eigenvalue weighted by atomic mass is 9.96. The topological polar surface area (TPSA) is 105 Å². The minimum atomic E-state index is -0.921. The zero-order valence-corrected chi connectivity index (χ0v) is 20.1. The molecule has 0 aliphatic heterocycles. The third-order valence-electron chi connectivity index (χ3n) is 8.05. The van der Waals surface area contributed by atoms with Crippen molar-refractivity contribution >= 4 is 18.0 Å². The number of aliphatic carboxylic acids is 1. The second kappa shape index (κ2) is 9.02. The number of carboxylic acids is 1. The van der Waals surface area contributed by atoms with Crippen molar-refractivity contribution in [3.63, 3.8) is 0 Å². The van der Waals surface area contributed by atoms with Crippen molar-refractivity contribution in [1.29, 1.82) is 0 Å². The van der Waals surface area contributed by atoms with E-state index in [1.807, 2.05) is 38.1 Å². The molecule has 0 unspecified atom stereocenters. The molecule has 3 aliphatic carbocycles. The molecule has 3 N–H and O–H groups in total. The quantitative estimate of drug-likeness (QED) is 0.527. The van der Waals surface area contributed by atoms with Gasteiger partial charge < -0.3 is 20.5 Å². The number of carboxylic acid groups (broad SMARTS) is 1. The minimum Gasteiger partial charge on any atom is -0.481 e. The normalized spacial score (nSPS) is 24.8. The Morgan fingerprint density at radius 1 is 1.03 bits per heavy atom. The summed E-state index contributed by atoms with van der Waals surface area (Å²) < 4.78 is 5.67. The number of nitrogens with one attached hydrogen (secondary N) is 2. The Labute approximate surface area is 205 Å². The van der Waals surface area contributed by atoms with Crippen molar-refractivity contribution in [3.8, 4) is 11.1 Å². The third-order valence-corrected chi connectivity index (χ3v) is 8.05. The lowest BCUT2D eigenvalue weighted by Crippen LogP contribution is -2.44. The van der Waals surface area contributed by atoms with Crippen LogP contribution in [0.1, 0.15) is 56.6 Å². The largest absolute Gasteiger partial charge is 0.481 e. The molecular formula is C28H32N2O5. The molecule has 35 heavy (non-hydrogen) atoms. The summed E-state index contributed by atoms with van der Waals surface area (Å²) in [6, 6.07) is 15.9. The number of amides is 2. The summed E-state index contributed by atoms with van der Waals surface area (Å²) in [6.07, 6.45) is 1.54. The van der Waals surface area contributed by atoms with Gasteiger partial charge in [0.1, 0.15) is 6.61 Å². The van der Waals surface area contributed by atoms with Crippen LogP contribution in [0.25, 0.3) is 11.1 Å². The highest BCUT2D eigenvalue weighted by Crippen LogP contribution is 2.63. The summed E-state index contributed by atoms with van der Waals surface area (Å²) in [6.45, 7) is 4.07. The van der Waals surface area contributed by atoms with Crippen molar-refractivity contribution in [3.05, 3.63) is 59.7 Å². The van der Waals surface area contributed by atoms with Crippen molar-refractivity contribution in [2.75, 3.05) is 6.61 Å². The molecule has 0 radical (unpaired) electrons. The summed E-state index contributed by atoms with van der Waals surface area (Å²) in [5.74, 6) is -0.752. The van der Waals surface area contributed by atoms with Gasteiger partial charge in [0, 0.05) is 18.0 Å². The molecule has 2 aromatic rings. The molecule has 2 aromatic carbocycles. The first-order valence-electron chi connectivity index (χ1n) is 12.4. The molecule has 0 bridgehead atoms. The van der Waals surface area contributed by atoms with Crippen molar-refractivity contribution in [2.45, 2.75) is 57.5 Å². The molecular weight excluding hydrogens is 444 g/mol. The monoisotopic (exact) mass is 476 g/mol. The summed E-state index contributed by atoms with van der Waals surface area (Å²) in [5, 5.41) is 15.1. The van der Waals surface area contributed by atoms with Gasteiger partial charge in [0.15, 0.2) is 0 Å². The molecule has 0 heterocycles. The zero-order valence-electron chi connectivity index (χ0n) is 20.1. The summed E-state index contributed by atoms with van der Waals surface area (Å²) in [7, 11) is 0. The van der Waals surface area contributed by atoms with E-state index in [0.29, 0.717) is 6.42 Å². The fraction of sp³-hybridized carbons (Fsp3) is 0.464. The molecule has 7 nitrogen and oxygen atoms in total. The van der Waals surface area contributed by atoms with Crippen LogP contribution in [0.15, 0.2) is 48.5 Å². The van der Waals surface area contributed by atoms with E-state index in [4.69, 9.17) is 9.84 Å². The van der Waals surface area contributed by atoms with Gasteiger partial charge in [-0.15, -0.1) is 0 Å². The molecule has 184 valence electrons. The first-order valence-corrected chi connectivity index (χ1v) is 12.4. The Morgan fingerprint density at radius 2 is 1.66 bits per heavy atom. The Morgan fingerprint density at radius 3 is 2.26 bits per heavy atom. The van der Waals surface area contributed by atoms with Crippen molar-refractivity contribution in [1.82, 2.24) is 10.6 Å². The van der Waals surface area contributed by atoms with E-state index in [0.717, 1.165) is 12.8 Å². The molecule has 0 saturated heterocycles. The lowest BCUT2D eigenvalue weighted by molar-refractivity contribution is -0.138. The van der Waals surface area contributed by atoms with Gasteiger partial charge in [-0.2, -0.15) is 0 Å². The number of rotatable bonds is 8. The maximum atomic E-state index is 13.0. The molecule has 0 spiro atoms. The maximum Gasteiger partial charge on any atom is 0.407 e. The van der Waals surface area contributed by atoms with Gasteiger partial charge in [0.05, 0.1) is 11.8 Å². The van der Waals surface area contributed by atoms with Crippen LogP contribution in [-0.2, 0) is 14.3 Å². The van der Waals surface area contributed by atoms with Crippen LogP contribution in [0.2, 0.25) is 0 Å². The second-order valence-electron chi connectivity index (χ2n) is 10.6. The van der Waals surface area contributed by atoms with Gasteiger partial charge in [0.2, 0.25) is 5.91 Å². The number of carbonyl (C=O) groups excluding carboxylic acids is 2. The number of hydrogen-bond acceptors (Lipinski definition) is 4. The second-order valence-corrected chi connectivity index (χ2v) is 10.6. The van der Waals surface area contributed by atoms with Crippen LogP contribution < -0.4 is 10.6 Å². The summed E-state index contributed by atoms with van der Waals surface area (Å²) >= 11 is 0. The molecule has 4 atom stereocenters. The van der Waals surface area contributed by atoms with Crippen LogP contribution in [0.3, 0.4) is 0 Å². The van der Waals surface area contributed by atoms with Gasteiger partial charge >= 0.3 is 12.1 Å². The van der Waals surface area contributed by atoms with Gasteiger partial charge in [-0.05, 0) is 53.4 Å². The van der Waals surface area contributed by atoms with E-state index in [1.54, 1.807) is 0 Å². The molecule has 2 saturated carbocycles. The van der Waals surface area contributed by atoms with E-state index in [2.05, 4.69) is 34.9 Å². The van der Waals surface area contributed by atoms with Gasteiger partial charge in [-0.25, -0.2) is 4.79 Å². The number of fused-ring (bicyclic) bond motifs is 4. The minimum absolute atomic E-state index is 0.00412. The number of hydrogen-bond donors (Lipinski definition) is 3. The number of carbonyl (C=O) groups is 3. The van der Waals surface area contributed by atoms with E-state index in [-0.39, 0.29) is 42.7 Å². The molecule has 0 aromatic heterocycles. The third kappa shape index (κ3) is 4.40. The van der Waals surface area contributed by atoms with E-state index in [9.17, 15) is 14.4 Å². The fourth-order valence-corrected chi connectivity index (χ4v) is 6.05. The summed E-state index contributed by atoms with van der Waals surface area (Å²) in [5.41, 5.74) is 4.21. The SMILES string of the molecule is CC(C)[C@H](CC(=O)O)NC(=O)[C@@]12C[C@@H](NC(=O)OCC3c4ccccc4-c4ccccc43)C[C@@H]1C2. The smallest absolute Gasteiger partial charge is 0.407 e. The Hall–Kier alpha value is -3.35. The summed E-state index contributed by atoms with van der Waals surface area (Å²) in [4.78, 5) is 36.8. The molecule has 2 fully saturated rings. The number of alkyl carbamates (subject to hydrolysis) is 1. The molecule has 5 rings (SSSR count). The first-order chi connectivity index (χ1) is 16.8. The predicted molar refractivity (Wildman–Crippen MR) is 131 cm³/mol. The van der Waals surface area contributed by atoms with Crippen LogP contribution in [0.5, 0.6) is 0 Å². The van der Waals surface area contributed by atoms with Crippen LogP contribution in [0, 0.1) is 17.3 Å². The van der Waals surface area contributed by atoms with E-state index >= 15 is 0 Å². The van der Waals surface area contributed by atoms with Crippen molar-refractivity contribution in [2.24, 2.45) is 17.3 Å². The fourth-order valence-electron chi connectivity index (χ4n) is 6.05. The van der Waals surface area contributed by atoms with Crippen LogP contribution >= 0.6 is 0 Å². The maximum absolute atomic E-state index is 13.0. The Balaban J connectivity index is 1.16. The average Bonchev–Trinajstić information content (AvgIpc) is 3.25. The predicted octanol–water partition coefficient (Wildman–Crippen LogP) is 4.31. The average molecular weight is 477 g/mol. The van der Waals surface area contributed by atoms with Crippen LogP contribution in [0.4, 0.5) is 4.79 Å². The highest BCUT2D eigenvalue weighted by molar-refractivity contribution is 5.87. The van der Waals surface area contributed by atoms with E-state index in [1.165, 1.54) is 22.3 Å². The Kier molecular flexibility index (Phi) is 6.03. The number of ether oxygens (including phenoxy) is 1. The first kappa shape index (κ1) is 23.4. The standard InChI is InChI=1S/C28H32N2O5/c1-16(2)24(12-25(31)32)30-26(33)28-13-17(28)11-18(14-28)29-27(34)35-15-23-21-9-5-3-7-19(21)20-8-4-6-10-22(20)23/h3-10,16-18,23-24H,11-15H2,1-2H3,(H,29,34)(H,30,33)(H,31,32)/t17-,18+,24+,28+/m1/s1. The molecule has 3 aliphatic rings. The van der Waals surface area contributed by atoms with E-state index < -0.39 is 23.5 Å². The number of benzene rings is 2. The molecule has 2 amide bonds. The van der Waals surface area contributed by atoms with Gasteiger partial charge in [-0.3, -0.25) is 9.59 Å². The van der Waals surface area contributed by atoms with Gasteiger partial charge in [0.25, 0.3) is 0 Å². The lowest BCUT2D eigenvalue weighted by Gasteiger charge is -2.24.